The van der Waals surface area contributed by atoms with Crippen LogP contribution in [0, 0.1) is 6.92 Å². The number of benzene rings is 1. The van der Waals surface area contributed by atoms with Crippen LogP contribution in [0.4, 0.5) is 5.69 Å². The molecule has 5 nitrogen and oxygen atoms in total. The number of anilines is 1. The number of aromatic hydroxyl groups is 1. The quantitative estimate of drug-likeness (QED) is 0.787. The Kier molecular flexibility index (Phi) is 5.53. The van der Waals surface area contributed by atoms with Crippen LogP contribution in [0.25, 0.3) is 0 Å². The van der Waals surface area contributed by atoms with Crippen molar-refractivity contribution in [2.45, 2.75) is 20.3 Å². The first-order chi connectivity index (χ1) is 9.43. The molecule has 1 heterocycles. The molecule has 0 amide bonds. The summed E-state index contributed by atoms with van der Waals surface area (Å²) in [5.74, 6) is -0.826. The van der Waals surface area contributed by atoms with Gasteiger partial charge in [-0.2, -0.15) is 0 Å². The van der Waals surface area contributed by atoms with E-state index < -0.39 is 5.97 Å². The normalized spacial score (nSPS) is 9.50. The molecule has 1 aromatic carbocycles. The zero-order valence-electron chi connectivity index (χ0n) is 11.5. The van der Waals surface area contributed by atoms with Crippen LogP contribution in [0.5, 0.6) is 5.75 Å². The fraction of sp³-hybridized carbons (Fsp3) is 0.200. The summed E-state index contributed by atoms with van der Waals surface area (Å²) < 4.78 is 0. The second-order valence-corrected chi connectivity index (χ2v) is 4.27. The first-order valence-corrected chi connectivity index (χ1v) is 6.21. The Morgan fingerprint density at radius 1 is 1.25 bits per heavy atom. The molecule has 2 aromatic rings. The third-order valence-electron chi connectivity index (χ3n) is 2.65. The van der Waals surface area contributed by atoms with Gasteiger partial charge < -0.3 is 20.7 Å². The molecule has 4 N–H and O–H groups in total. The minimum atomic E-state index is -1.18. The molecule has 0 saturated carbocycles. The lowest BCUT2D eigenvalue weighted by molar-refractivity contribution is -0.400. The SMILES string of the molecule is CCc1[nH+]c(C)ccc1O.Nc1ccc(C(=O)[O-])cc1. The summed E-state index contributed by atoms with van der Waals surface area (Å²) in [5, 5.41) is 19.4. The van der Waals surface area contributed by atoms with Crippen molar-refractivity contribution in [3.05, 3.63) is 53.3 Å². The van der Waals surface area contributed by atoms with Gasteiger partial charge in [-0.05, 0) is 23.8 Å². The Morgan fingerprint density at radius 2 is 1.85 bits per heavy atom. The van der Waals surface area contributed by atoms with Crippen LogP contribution in [0.1, 0.15) is 28.7 Å². The van der Waals surface area contributed by atoms with Crippen molar-refractivity contribution in [3.8, 4) is 5.75 Å². The highest BCUT2D eigenvalue weighted by atomic mass is 16.4. The number of nitrogens with one attached hydrogen (secondary N) is 1. The topological polar surface area (TPSA) is 101 Å². The molecule has 0 aliphatic rings. The number of pyridine rings is 1. The van der Waals surface area contributed by atoms with Crippen LogP contribution in [-0.2, 0) is 6.42 Å². The van der Waals surface area contributed by atoms with Gasteiger partial charge in [-0.15, -0.1) is 0 Å². The number of nitrogens with two attached hydrogens (primary N) is 1. The highest BCUT2D eigenvalue weighted by Gasteiger charge is 2.05. The molecule has 0 aliphatic carbocycles. The van der Waals surface area contributed by atoms with Crippen LogP contribution in [0.15, 0.2) is 36.4 Å². The molecule has 20 heavy (non-hydrogen) atoms. The Hall–Kier alpha value is -2.56. The third-order valence-corrected chi connectivity index (χ3v) is 2.65. The second-order valence-electron chi connectivity index (χ2n) is 4.27. The number of aromatic carboxylic acids is 1. The first-order valence-electron chi connectivity index (χ1n) is 6.21. The van der Waals surface area contributed by atoms with Crippen molar-refractivity contribution in [2.75, 3.05) is 5.73 Å². The molecule has 0 unspecified atom stereocenters. The van der Waals surface area contributed by atoms with Gasteiger partial charge in [0.25, 0.3) is 0 Å². The number of H-pyrrole nitrogens is 1. The fourth-order valence-corrected chi connectivity index (χ4v) is 1.54. The lowest BCUT2D eigenvalue weighted by atomic mass is 10.2. The molecule has 106 valence electrons. The number of hydrogen-bond donors (Lipinski definition) is 2. The standard InChI is InChI=1S/C8H11NO.C7H7NO2/c1-3-7-8(10)5-4-6(2)9-7;8-6-3-1-5(2-4-6)7(9)10/h4-5,10H,3H2,1-2H3;1-4H,8H2,(H,9,10). The minimum Gasteiger partial charge on any atom is -0.545 e. The van der Waals surface area contributed by atoms with Crippen molar-refractivity contribution >= 4 is 11.7 Å². The van der Waals surface area contributed by atoms with E-state index in [9.17, 15) is 15.0 Å². The Balaban J connectivity index is 0.000000200. The molecule has 0 fully saturated rings. The second kappa shape index (κ2) is 7.13. The highest BCUT2D eigenvalue weighted by molar-refractivity contribution is 5.86. The smallest absolute Gasteiger partial charge is 0.221 e. The number of carbonyl (C=O) groups excluding carboxylic acids is 1. The zero-order chi connectivity index (χ0) is 15.1. The van der Waals surface area contributed by atoms with Crippen molar-refractivity contribution < 1.29 is 20.0 Å². The van der Waals surface area contributed by atoms with Gasteiger partial charge in [-0.25, -0.2) is 4.98 Å². The number of hydrogen-bond acceptors (Lipinski definition) is 4. The van der Waals surface area contributed by atoms with Crippen molar-refractivity contribution in [3.63, 3.8) is 0 Å². The number of aromatic amines is 1. The molecule has 0 spiro atoms. The number of aromatic nitrogens is 1. The van der Waals surface area contributed by atoms with Crippen molar-refractivity contribution in [1.29, 1.82) is 0 Å². The van der Waals surface area contributed by atoms with Crippen LogP contribution >= 0.6 is 0 Å². The fourth-order valence-electron chi connectivity index (χ4n) is 1.54. The van der Waals surface area contributed by atoms with Gasteiger partial charge in [0.1, 0.15) is 0 Å². The van der Waals surface area contributed by atoms with E-state index in [-0.39, 0.29) is 5.56 Å². The van der Waals surface area contributed by atoms with Gasteiger partial charge in [0.2, 0.25) is 5.69 Å². The van der Waals surface area contributed by atoms with Crippen LogP contribution in [-0.4, -0.2) is 11.1 Å². The Morgan fingerprint density at radius 3 is 2.30 bits per heavy atom. The molecule has 1 aromatic heterocycles. The van der Waals surface area contributed by atoms with E-state index in [1.165, 1.54) is 24.3 Å². The molecule has 0 radical (unpaired) electrons. The van der Waals surface area contributed by atoms with Gasteiger partial charge in [0.05, 0.1) is 5.97 Å². The van der Waals surface area contributed by atoms with E-state index >= 15 is 0 Å². The number of carboxylic acids is 1. The van der Waals surface area contributed by atoms with Crippen LogP contribution in [0.2, 0.25) is 0 Å². The number of aryl methyl sites for hydroxylation is 2. The van der Waals surface area contributed by atoms with Gasteiger partial charge in [-0.1, -0.05) is 19.1 Å². The monoisotopic (exact) mass is 274 g/mol. The summed E-state index contributed by atoms with van der Waals surface area (Å²) in [6.45, 7) is 3.98. The van der Waals surface area contributed by atoms with Gasteiger partial charge in [0.15, 0.2) is 11.4 Å². The molecular weight excluding hydrogens is 256 g/mol. The largest absolute Gasteiger partial charge is 0.545 e. The van der Waals surface area contributed by atoms with Crippen molar-refractivity contribution in [1.82, 2.24) is 0 Å². The molecule has 0 bridgehead atoms. The van der Waals surface area contributed by atoms with E-state index in [2.05, 4.69) is 4.98 Å². The summed E-state index contributed by atoms with van der Waals surface area (Å²) in [5.41, 5.74) is 7.99. The van der Waals surface area contributed by atoms with Gasteiger partial charge >= 0.3 is 0 Å². The Bertz CT molecular complexity index is 580. The number of rotatable bonds is 2. The van der Waals surface area contributed by atoms with Crippen LogP contribution < -0.4 is 15.8 Å². The van der Waals surface area contributed by atoms with E-state index in [0.29, 0.717) is 11.4 Å². The number of nitrogen functional groups attached to an aromatic ring is 1. The molecule has 5 heteroatoms. The molecular formula is C15H18N2O3. The highest BCUT2D eigenvalue weighted by Crippen LogP contribution is 2.10. The average Bonchev–Trinajstić information content (AvgIpc) is 2.42. The lowest BCUT2D eigenvalue weighted by Gasteiger charge is -2.00. The maximum Gasteiger partial charge on any atom is 0.221 e. The van der Waals surface area contributed by atoms with Gasteiger partial charge in [-0.3, -0.25) is 0 Å². The number of carboxylic acid groups (broad SMARTS) is 1. The van der Waals surface area contributed by atoms with E-state index in [0.717, 1.165) is 17.8 Å². The maximum atomic E-state index is 10.2. The summed E-state index contributed by atoms with van der Waals surface area (Å²) in [6.07, 6.45) is 0.841. The third kappa shape index (κ3) is 4.61. The molecule has 0 saturated heterocycles. The van der Waals surface area contributed by atoms with E-state index in [1.54, 1.807) is 6.07 Å². The van der Waals surface area contributed by atoms with E-state index in [4.69, 9.17) is 5.73 Å². The van der Waals surface area contributed by atoms with Crippen LogP contribution in [0.3, 0.4) is 0 Å². The van der Waals surface area contributed by atoms with Crippen molar-refractivity contribution in [2.24, 2.45) is 0 Å². The minimum absolute atomic E-state index is 0.147. The summed E-state index contributed by atoms with van der Waals surface area (Å²) in [7, 11) is 0. The predicted octanol–water partition coefficient (Wildman–Crippen LogP) is 0.709. The first kappa shape index (κ1) is 15.5. The average molecular weight is 274 g/mol. The molecule has 2 rings (SSSR count). The predicted molar refractivity (Wildman–Crippen MR) is 74.0 cm³/mol. The zero-order valence-corrected chi connectivity index (χ0v) is 11.5. The molecule has 0 aliphatic heterocycles. The van der Waals surface area contributed by atoms with Gasteiger partial charge in [0, 0.05) is 25.1 Å². The summed E-state index contributed by atoms with van der Waals surface area (Å²) >= 11 is 0. The lowest BCUT2D eigenvalue weighted by Crippen LogP contribution is -2.21. The summed E-state index contributed by atoms with van der Waals surface area (Å²) in [4.78, 5) is 13.2. The summed E-state index contributed by atoms with van der Waals surface area (Å²) in [6, 6.07) is 9.42. The Labute approximate surface area is 117 Å². The molecule has 0 atom stereocenters. The number of carbonyl (C=O) groups is 1. The maximum absolute atomic E-state index is 10.2. The van der Waals surface area contributed by atoms with E-state index in [1.807, 2.05) is 19.9 Å².